The molecule has 0 aliphatic rings. The van der Waals surface area contributed by atoms with Crippen LogP contribution in [0.2, 0.25) is 0 Å². The van der Waals surface area contributed by atoms with Crippen molar-refractivity contribution in [2.24, 2.45) is 0 Å². The highest BCUT2D eigenvalue weighted by Gasteiger charge is 2.21. The molecule has 3 N–H and O–H groups in total. The van der Waals surface area contributed by atoms with Gasteiger partial charge in [-0.2, -0.15) is 0 Å². The molecule has 0 radical (unpaired) electrons. The summed E-state index contributed by atoms with van der Waals surface area (Å²) >= 11 is 0. The first-order chi connectivity index (χ1) is 14.3. The van der Waals surface area contributed by atoms with Gasteiger partial charge in [-0.05, 0) is 48.9 Å². The number of rotatable bonds is 8. The number of sulfonamides is 1. The second-order valence-electron chi connectivity index (χ2n) is 6.21. The fourth-order valence-electron chi connectivity index (χ4n) is 2.50. The highest BCUT2D eigenvalue weighted by molar-refractivity contribution is 7.89. The van der Waals surface area contributed by atoms with Crippen molar-refractivity contribution in [3.63, 3.8) is 0 Å². The zero-order chi connectivity index (χ0) is 21.7. The first kappa shape index (κ1) is 21.1. The molecule has 3 rings (SSSR count). The molecule has 0 saturated heterocycles. The van der Waals surface area contributed by atoms with Crippen LogP contribution in [0.15, 0.2) is 70.0 Å². The van der Waals surface area contributed by atoms with E-state index in [1.54, 1.807) is 12.1 Å². The van der Waals surface area contributed by atoms with Gasteiger partial charge >= 0.3 is 11.9 Å². The highest BCUT2D eigenvalue weighted by atomic mass is 32.2. The fourth-order valence-corrected chi connectivity index (χ4v) is 3.61. The van der Waals surface area contributed by atoms with E-state index in [9.17, 15) is 18.0 Å². The Balaban J connectivity index is 1.63. The molecule has 0 atom stereocenters. The number of hydrogen-bond donors (Lipinski definition) is 3. The third-order valence-corrected chi connectivity index (χ3v) is 5.42. The van der Waals surface area contributed by atoms with E-state index in [0.29, 0.717) is 17.1 Å². The molecule has 0 saturated carbocycles. The number of carbonyl (C=O) groups is 2. The van der Waals surface area contributed by atoms with Crippen LogP contribution in [0.5, 0.6) is 5.75 Å². The first-order valence-corrected chi connectivity index (χ1v) is 10.2. The van der Waals surface area contributed by atoms with E-state index in [4.69, 9.17) is 14.3 Å². The molecule has 3 aromatic rings. The lowest BCUT2D eigenvalue weighted by molar-refractivity contribution is 0.0696. The molecule has 0 bridgehead atoms. The molecule has 0 aliphatic carbocycles. The number of furan rings is 1. The second-order valence-corrected chi connectivity index (χ2v) is 7.86. The topological polar surface area (TPSA) is 135 Å². The molecule has 1 amide bonds. The average Bonchev–Trinajstić information content (AvgIpc) is 3.20. The largest absolute Gasteiger partial charge is 0.486 e. The Kier molecular flexibility index (Phi) is 6.19. The second kappa shape index (κ2) is 8.80. The molecule has 0 aliphatic heterocycles. The number of ether oxygens (including phenoxy) is 1. The first-order valence-electron chi connectivity index (χ1n) is 8.69. The number of nitrogens with one attached hydrogen (secondary N) is 2. The van der Waals surface area contributed by atoms with Gasteiger partial charge in [-0.3, -0.25) is 10.2 Å². The van der Waals surface area contributed by atoms with Gasteiger partial charge in [-0.15, -0.1) is 4.83 Å². The van der Waals surface area contributed by atoms with Gasteiger partial charge in [0.05, 0.1) is 10.5 Å². The summed E-state index contributed by atoms with van der Waals surface area (Å²) in [5, 5.41) is 9.04. The SMILES string of the molecule is Cc1ccc(C(=O)O)cc1S(=O)(=O)NNC(=O)c1ccc(COc2ccccc2)o1. The molecule has 1 aromatic heterocycles. The average molecular weight is 430 g/mol. The Morgan fingerprint density at radius 2 is 1.80 bits per heavy atom. The van der Waals surface area contributed by atoms with Crippen molar-refractivity contribution in [3.05, 3.63) is 83.3 Å². The smallest absolute Gasteiger partial charge is 0.335 e. The Labute approximate surface area is 172 Å². The standard InChI is InChI=1S/C20H18N2O7S/c1-13-7-8-14(20(24)25)11-18(13)30(26,27)22-21-19(23)17-10-9-16(29-17)12-28-15-5-3-2-4-6-15/h2-11,22H,12H2,1H3,(H,21,23)(H,24,25). The van der Waals surface area contributed by atoms with Gasteiger partial charge in [0.1, 0.15) is 18.1 Å². The number of carboxylic acid groups (broad SMARTS) is 1. The lowest BCUT2D eigenvalue weighted by Crippen LogP contribution is -2.41. The van der Waals surface area contributed by atoms with E-state index in [2.05, 4.69) is 0 Å². The maximum Gasteiger partial charge on any atom is 0.335 e. The number of benzene rings is 2. The Hall–Kier alpha value is -3.63. The van der Waals surface area contributed by atoms with Gasteiger partial charge in [0.2, 0.25) is 0 Å². The normalized spacial score (nSPS) is 11.1. The van der Waals surface area contributed by atoms with E-state index in [-0.39, 0.29) is 22.8 Å². The lowest BCUT2D eigenvalue weighted by atomic mass is 10.1. The zero-order valence-electron chi connectivity index (χ0n) is 15.8. The summed E-state index contributed by atoms with van der Waals surface area (Å²) in [7, 11) is -4.20. The number of hydrazine groups is 1. The van der Waals surface area contributed by atoms with Crippen LogP contribution < -0.4 is 15.0 Å². The molecule has 0 unspecified atom stereocenters. The van der Waals surface area contributed by atoms with Crippen molar-refractivity contribution >= 4 is 21.9 Å². The summed E-state index contributed by atoms with van der Waals surface area (Å²) in [6.07, 6.45) is 0. The third kappa shape index (κ3) is 5.04. The highest BCUT2D eigenvalue weighted by Crippen LogP contribution is 2.17. The Morgan fingerprint density at radius 1 is 1.07 bits per heavy atom. The van der Waals surface area contributed by atoms with E-state index >= 15 is 0 Å². The van der Waals surface area contributed by atoms with Crippen LogP contribution >= 0.6 is 0 Å². The summed E-state index contributed by atoms with van der Waals surface area (Å²) in [6, 6.07) is 15.6. The quantitative estimate of drug-likeness (QED) is 0.467. The van der Waals surface area contributed by atoms with Crippen LogP contribution in [-0.4, -0.2) is 25.4 Å². The maximum absolute atomic E-state index is 12.5. The van der Waals surface area contributed by atoms with Crippen molar-refractivity contribution in [2.75, 3.05) is 0 Å². The van der Waals surface area contributed by atoms with Crippen LogP contribution in [-0.2, 0) is 16.6 Å². The number of para-hydroxylation sites is 1. The van der Waals surface area contributed by atoms with Crippen LogP contribution in [0.1, 0.15) is 32.2 Å². The van der Waals surface area contributed by atoms with Crippen molar-refractivity contribution in [3.8, 4) is 5.75 Å². The molecule has 0 fully saturated rings. The molecule has 1 heterocycles. The lowest BCUT2D eigenvalue weighted by Gasteiger charge is -2.10. The minimum Gasteiger partial charge on any atom is -0.486 e. The van der Waals surface area contributed by atoms with Gasteiger partial charge < -0.3 is 14.3 Å². The van der Waals surface area contributed by atoms with Crippen molar-refractivity contribution in [1.82, 2.24) is 10.3 Å². The van der Waals surface area contributed by atoms with E-state index in [1.807, 2.05) is 28.5 Å². The van der Waals surface area contributed by atoms with E-state index < -0.39 is 21.9 Å². The van der Waals surface area contributed by atoms with Gasteiger partial charge in [0.15, 0.2) is 5.76 Å². The molecule has 2 aromatic carbocycles. The number of hydrogen-bond acceptors (Lipinski definition) is 6. The van der Waals surface area contributed by atoms with E-state index in [1.165, 1.54) is 31.2 Å². The molecule has 30 heavy (non-hydrogen) atoms. The molecular weight excluding hydrogens is 412 g/mol. The van der Waals surface area contributed by atoms with Crippen LogP contribution in [0.4, 0.5) is 0 Å². The Bertz CT molecular complexity index is 1170. The minimum atomic E-state index is -4.20. The molecule has 0 spiro atoms. The minimum absolute atomic E-state index is 0.0875. The number of aryl methyl sites for hydroxylation is 1. The third-order valence-electron chi connectivity index (χ3n) is 4.03. The van der Waals surface area contributed by atoms with Crippen LogP contribution in [0, 0.1) is 6.92 Å². The summed E-state index contributed by atoms with van der Waals surface area (Å²) < 4.78 is 35.8. The predicted molar refractivity (Wildman–Crippen MR) is 105 cm³/mol. The number of carbonyl (C=O) groups excluding carboxylic acids is 1. The maximum atomic E-state index is 12.5. The summed E-state index contributed by atoms with van der Waals surface area (Å²) in [5.74, 6) is -1.21. The summed E-state index contributed by atoms with van der Waals surface area (Å²) in [5.41, 5.74) is 2.17. The van der Waals surface area contributed by atoms with Gasteiger partial charge in [0, 0.05) is 0 Å². The zero-order valence-corrected chi connectivity index (χ0v) is 16.6. The summed E-state index contributed by atoms with van der Waals surface area (Å²) in [6.45, 7) is 1.59. The van der Waals surface area contributed by atoms with Crippen molar-refractivity contribution < 1.29 is 32.3 Å². The van der Waals surface area contributed by atoms with Crippen LogP contribution in [0.25, 0.3) is 0 Å². The van der Waals surface area contributed by atoms with Crippen molar-refractivity contribution in [2.45, 2.75) is 18.4 Å². The van der Waals surface area contributed by atoms with E-state index in [0.717, 1.165) is 6.07 Å². The van der Waals surface area contributed by atoms with Gasteiger partial charge in [-0.25, -0.2) is 13.2 Å². The molecule has 156 valence electrons. The predicted octanol–water partition coefficient (Wildman–Crippen LogP) is 2.49. The summed E-state index contributed by atoms with van der Waals surface area (Å²) in [4.78, 5) is 25.0. The molecule has 9 nitrogen and oxygen atoms in total. The monoisotopic (exact) mass is 430 g/mol. The molecule has 10 heteroatoms. The number of aromatic carboxylic acids is 1. The van der Waals surface area contributed by atoms with Gasteiger partial charge in [-0.1, -0.05) is 24.3 Å². The Morgan fingerprint density at radius 3 is 2.50 bits per heavy atom. The number of amides is 1. The fraction of sp³-hybridized carbons (Fsp3) is 0.100. The number of carboxylic acids is 1. The van der Waals surface area contributed by atoms with Gasteiger partial charge in [0.25, 0.3) is 10.0 Å². The molecular formula is C20H18N2O7S. The van der Waals surface area contributed by atoms with Crippen LogP contribution in [0.3, 0.4) is 0 Å². The van der Waals surface area contributed by atoms with Crippen molar-refractivity contribution in [1.29, 1.82) is 0 Å².